The van der Waals surface area contributed by atoms with Crippen LogP contribution in [0.1, 0.15) is 18.1 Å². The number of benzene rings is 3. The molecule has 140 valence electrons. The van der Waals surface area contributed by atoms with Crippen LogP contribution >= 0.6 is 0 Å². The predicted octanol–water partition coefficient (Wildman–Crippen LogP) is 4.22. The van der Waals surface area contributed by atoms with Gasteiger partial charge in [-0.2, -0.15) is 0 Å². The second-order valence-corrected chi connectivity index (χ2v) is 8.75. The van der Waals surface area contributed by atoms with Crippen molar-refractivity contribution < 1.29 is 12.8 Å². The Bertz CT molecular complexity index is 1410. The minimum atomic E-state index is -3.69. The first-order valence-corrected chi connectivity index (χ1v) is 10.5. The molecule has 0 unspecified atom stereocenters. The van der Waals surface area contributed by atoms with Gasteiger partial charge >= 0.3 is 5.63 Å². The van der Waals surface area contributed by atoms with E-state index in [9.17, 15) is 13.2 Å². The van der Waals surface area contributed by atoms with Crippen LogP contribution in [0.25, 0.3) is 21.7 Å². The SMILES string of the molecule is CCc1ccc2c(CN3c4cccc5cccc(c45)S3(=O)=O)cc(=O)oc2c1. The van der Waals surface area contributed by atoms with Gasteiger partial charge in [-0.05, 0) is 41.1 Å². The molecule has 2 heterocycles. The quantitative estimate of drug-likeness (QED) is 0.491. The highest BCUT2D eigenvalue weighted by molar-refractivity contribution is 7.93. The molecule has 28 heavy (non-hydrogen) atoms. The van der Waals surface area contributed by atoms with Crippen molar-refractivity contribution in [1.82, 2.24) is 0 Å². The summed E-state index contributed by atoms with van der Waals surface area (Å²) in [5.41, 5.74) is 2.32. The van der Waals surface area contributed by atoms with Crippen molar-refractivity contribution in [3.8, 4) is 0 Å². The summed E-state index contributed by atoms with van der Waals surface area (Å²) in [6, 6.07) is 17.9. The number of nitrogens with zero attached hydrogens (tertiary/aromatic N) is 1. The summed E-state index contributed by atoms with van der Waals surface area (Å²) < 4.78 is 33.2. The molecular formula is C22H17NO4S. The highest BCUT2D eigenvalue weighted by atomic mass is 32.2. The molecule has 4 aromatic rings. The van der Waals surface area contributed by atoms with Gasteiger partial charge in [0.15, 0.2) is 0 Å². The largest absolute Gasteiger partial charge is 0.423 e. The summed E-state index contributed by atoms with van der Waals surface area (Å²) in [6.07, 6.45) is 0.821. The molecule has 0 fully saturated rings. The number of hydrogen-bond acceptors (Lipinski definition) is 4. The molecule has 0 saturated heterocycles. The van der Waals surface area contributed by atoms with Crippen LogP contribution in [0.3, 0.4) is 0 Å². The van der Waals surface area contributed by atoms with Gasteiger partial charge in [0.1, 0.15) is 5.58 Å². The Kier molecular flexibility index (Phi) is 3.61. The van der Waals surface area contributed by atoms with Crippen molar-refractivity contribution in [3.05, 3.63) is 82.2 Å². The van der Waals surface area contributed by atoms with Gasteiger partial charge in [-0.3, -0.25) is 4.31 Å². The molecule has 5 nitrogen and oxygen atoms in total. The molecule has 1 aliphatic rings. The second kappa shape index (κ2) is 5.94. The number of rotatable bonds is 3. The van der Waals surface area contributed by atoms with E-state index in [1.54, 1.807) is 18.2 Å². The Morgan fingerprint density at radius 2 is 1.79 bits per heavy atom. The Morgan fingerprint density at radius 3 is 2.57 bits per heavy atom. The molecular weight excluding hydrogens is 374 g/mol. The van der Waals surface area contributed by atoms with Crippen molar-refractivity contribution in [2.75, 3.05) is 4.31 Å². The molecule has 0 radical (unpaired) electrons. The standard InChI is InChI=1S/C22H17NO4S/c1-2-14-9-10-17-16(12-21(24)27-19(17)11-14)13-23-18-7-3-5-15-6-4-8-20(22(15)18)28(23,25)26/h3-12H,2,13H2,1H3. The van der Waals surface area contributed by atoms with E-state index >= 15 is 0 Å². The van der Waals surface area contributed by atoms with Gasteiger partial charge in [0.2, 0.25) is 0 Å². The third-order valence-corrected chi connectivity index (χ3v) is 7.10. The first-order valence-electron chi connectivity index (χ1n) is 9.09. The fourth-order valence-electron chi connectivity index (χ4n) is 3.91. The molecule has 6 heteroatoms. The normalized spacial score (nSPS) is 14.8. The van der Waals surface area contributed by atoms with Crippen LogP contribution in [-0.4, -0.2) is 8.42 Å². The second-order valence-electron chi connectivity index (χ2n) is 6.92. The van der Waals surface area contributed by atoms with Crippen molar-refractivity contribution in [1.29, 1.82) is 0 Å². The van der Waals surface area contributed by atoms with Gasteiger partial charge in [0.05, 0.1) is 17.1 Å². The molecule has 3 aromatic carbocycles. The van der Waals surface area contributed by atoms with E-state index in [4.69, 9.17) is 4.42 Å². The predicted molar refractivity (Wildman–Crippen MR) is 109 cm³/mol. The Hall–Kier alpha value is -3.12. The van der Waals surface area contributed by atoms with E-state index in [2.05, 4.69) is 0 Å². The average Bonchev–Trinajstić information content (AvgIpc) is 2.90. The third-order valence-electron chi connectivity index (χ3n) is 5.30. The summed E-state index contributed by atoms with van der Waals surface area (Å²) >= 11 is 0. The number of fused-ring (bicyclic) bond motifs is 1. The zero-order valence-electron chi connectivity index (χ0n) is 15.2. The van der Waals surface area contributed by atoms with Crippen LogP contribution < -0.4 is 9.93 Å². The molecule has 0 atom stereocenters. The van der Waals surface area contributed by atoms with Crippen molar-refractivity contribution in [2.24, 2.45) is 0 Å². The average molecular weight is 391 g/mol. The van der Waals surface area contributed by atoms with Gasteiger partial charge in [0, 0.05) is 16.8 Å². The fourth-order valence-corrected chi connectivity index (χ4v) is 5.60. The van der Waals surface area contributed by atoms with Crippen LogP contribution in [0.2, 0.25) is 0 Å². The number of anilines is 1. The Labute approximate surface area is 161 Å². The van der Waals surface area contributed by atoms with Crippen LogP contribution in [-0.2, 0) is 23.0 Å². The molecule has 0 bridgehead atoms. The summed E-state index contributed by atoms with van der Waals surface area (Å²) in [7, 11) is -3.69. The molecule has 5 rings (SSSR count). The summed E-state index contributed by atoms with van der Waals surface area (Å²) in [5, 5.41) is 2.35. The zero-order chi connectivity index (χ0) is 19.5. The van der Waals surface area contributed by atoms with E-state index in [0.29, 0.717) is 21.7 Å². The van der Waals surface area contributed by atoms with Gasteiger partial charge in [0.25, 0.3) is 10.0 Å². The monoisotopic (exact) mass is 391 g/mol. The van der Waals surface area contributed by atoms with Crippen molar-refractivity contribution in [2.45, 2.75) is 24.8 Å². The maximum atomic E-state index is 13.2. The number of aryl methyl sites for hydroxylation is 1. The smallest absolute Gasteiger partial charge is 0.336 e. The number of hydrogen-bond donors (Lipinski definition) is 0. The lowest BCUT2D eigenvalue weighted by Gasteiger charge is -2.19. The zero-order valence-corrected chi connectivity index (χ0v) is 16.0. The van der Waals surface area contributed by atoms with Crippen molar-refractivity contribution >= 4 is 37.5 Å². The van der Waals surface area contributed by atoms with Crippen molar-refractivity contribution in [3.63, 3.8) is 0 Å². The molecule has 1 aromatic heterocycles. The van der Waals surface area contributed by atoms with Crippen LogP contribution in [0.4, 0.5) is 5.69 Å². The van der Waals surface area contributed by atoms with Gasteiger partial charge in [-0.15, -0.1) is 0 Å². The van der Waals surface area contributed by atoms with E-state index in [1.807, 2.05) is 43.3 Å². The summed E-state index contributed by atoms with van der Waals surface area (Å²) in [4.78, 5) is 12.4. The van der Waals surface area contributed by atoms with Crippen LogP contribution in [0, 0.1) is 0 Å². The fraction of sp³-hybridized carbons (Fsp3) is 0.136. The molecule has 0 amide bonds. The third kappa shape index (κ3) is 2.38. The molecule has 0 saturated carbocycles. The lowest BCUT2D eigenvalue weighted by Crippen LogP contribution is -2.27. The Balaban J connectivity index is 1.71. The lowest BCUT2D eigenvalue weighted by molar-refractivity contribution is 0.558. The first-order chi connectivity index (χ1) is 13.5. The summed E-state index contributed by atoms with van der Waals surface area (Å²) in [6.45, 7) is 2.10. The lowest BCUT2D eigenvalue weighted by atomic mass is 10.1. The minimum Gasteiger partial charge on any atom is -0.423 e. The maximum Gasteiger partial charge on any atom is 0.336 e. The minimum absolute atomic E-state index is 0.0731. The van der Waals surface area contributed by atoms with Gasteiger partial charge in [-0.25, -0.2) is 13.2 Å². The summed E-state index contributed by atoms with van der Waals surface area (Å²) in [5.74, 6) is 0. The molecule has 0 N–H and O–H groups in total. The topological polar surface area (TPSA) is 67.6 Å². The van der Waals surface area contributed by atoms with E-state index < -0.39 is 15.6 Å². The molecule has 1 aliphatic heterocycles. The van der Waals surface area contributed by atoms with E-state index in [0.717, 1.165) is 28.1 Å². The van der Waals surface area contributed by atoms with E-state index in [-0.39, 0.29) is 6.54 Å². The van der Waals surface area contributed by atoms with E-state index in [1.165, 1.54) is 10.4 Å². The molecule has 0 spiro atoms. The highest BCUT2D eigenvalue weighted by Gasteiger charge is 2.35. The van der Waals surface area contributed by atoms with Gasteiger partial charge in [-0.1, -0.05) is 43.3 Å². The van der Waals surface area contributed by atoms with Gasteiger partial charge < -0.3 is 4.42 Å². The van der Waals surface area contributed by atoms with Crippen LogP contribution in [0.15, 0.2) is 74.8 Å². The number of sulfonamides is 1. The van der Waals surface area contributed by atoms with Crippen LogP contribution in [0.5, 0.6) is 0 Å². The maximum absolute atomic E-state index is 13.2. The first kappa shape index (κ1) is 17.0. The molecule has 0 aliphatic carbocycles. The highest BCUT2D eigenvalue weighted by Crippen LogP contribution is 2.43. The Morgan fingerprint density at radius 1 is 1.00 bits per heavy atom.